The van der Waals surface area contributed by atoms with Crippen LogP contribution >= 0.6 is 27.5 Å². The molecule has 1 aromatic carbocycles. The molecule has 1 unspecified atom stereocenters. The average molecular weight is 369 g/mol. The highest BCUT2D eigenvalue weighted by atomic mass is 79.9. The van der Waals surface area contributed by atoms with Crippen LogP contribution in [0.25, 0.3) is 0 Å². The molecule has 3 nitrogen and oxygen atoms in total. The van der Waals surface area contributed by atoms with Gasteiger partial charge < -0.3 is 0 Å². The quantitative estimate of drug-likeness (QED) is 0.803. The van der Waals surface area contributed by atoms with Gasteiger partial charge in [0, 0.05) is 16.4 Å². The molecular formula is C13H19BrClNO2S. The summed E-state index contributed by atoms with van der Waals surface area (Å²) in [4.78, 5) is 0.237. The Kier molecular flexibility index (Phi) is 5.86. The van der Waals surface area contributed by atoms with Crippen molar-refractivity contribution in [3.8, 4) is 0 Å². The van der Waals surface area contributed by atoms with Gasteiger partial charge in [-0.3, -0.25) is 0 Å². The third kappa shape index (κ3) is 5.06. The molecule has 1 rings (SSSR count). The van der Waals surface area contributed by atoms with Gasteiger partial charge in [-0.05, 0) is 36.1 Å². The summed E-state index contributed by atoms with van der Waals surface area (Å²) in [5.74, 6) is 0. The molecule has 19 heavy (non-hydrogen) atoms. The summed E-state index contributed by atoms with van der Waals surface area (Å²) >= 11 is 9.13. The van der Waals surface area contributed by atoms with Crippen molar-refractivity contribution in [2.45, 2.75) is 38.1 Å². The minimum atomic E-state index is -3.51. The molecule has 0 bridgehead atoms. The summed E-state index contributed by atoms with van der Waals surface area (Å²) in [6.07, 6.45) is 0.732. The molecule has 0 aliphatic carbocycles. The number of alkyl halides is 1. The summed E-state index contributed by atoms with van der Waals surface area (Å²) < 4.78 is 27.4. The van der Waals surface area contributed by atoms with Crippen molar-refractivity contribution >= 4 is 37.6 Å². The Balaban J connectivity index is 2.97. The van der Waals surface area contributed by atoms with Crippen molar-refractivity contribution in [3.05, 3.63) is 29.3 Å². The molecule has 0 heterocycles. The minimum Gasteiger partial charge on any atom is -0.208 e. The third-order valence-corrected chi connectivity index (χ3v) is 5.06. The van der Waals surface area contributed by atoms with E-state index in [9.17, 15) is 8.42 Å². The molecule has 108 valence electrons. The fraction of sp³-hybridized carbons (Fsp3) is 0.538. The number of nitrogens with one attached hydrogen (secondary N) is 1. The predicted molar refractivity (Wildman–Crippen MR) is 83.4 cm³/mol. The van der Waals surface area contributed by atoms with Gasteiger partial charge in [0.1, 0.15) is 0 Å². The monoisotopic (exact) mass is 367 g/mol. The number of halogens is 2. The van der Waals surface area contributed by atoms with E-state index in [4.69, 9.17) is 11.6 Å². The molecule has 0 aliphatic heterocycles. The highest BCUT2D eigenvalue weighted by Crippen LogP contribution is 2.24. The van der Waals surface area contributed by atoms with E-state index in [1.54, 1.807) is 12.1 Å². The fourth-order valence-corrected chi connectivity index (χ4v) is 3.71. The predicted octanol–water partition coefficient (Wildman–Crippen LogP) is 3.82. The van der Waals surface area contributed by atoms with Gasteiger partial charge in [0.2, 0.25) is 10.0 Å². The Morgan fingerprint density at radius 1 is 1.26 bits per heavy atom. The van der Waals surface area contributed by atoms with Crippen LogP contribution in [0.3, 0.4) is 0 Å². The first-order chi connectivity index (χ1) is 8.66. The lowest BCUT2D eigenvalue weighted by Gasteiger charge is -2.30. The average Bonchev–Trinajstić information content (AvgIpc) is 2.27. The van der Waals surface area contributed by atoms with Gasteiger partial charge in [-0.15, -0.1) is 0 Å². The van der Waals surface area contributed by atoms with Crippen LogP contribution in [0, 0.1) is 5.41 Å². The van der Waals surface area contributed by atoms with Gasteiger partial charge in [0.15, 0.2) is 0 Å². The second-order valence-electron chi connectivity index (χ2n) is 5.47. The van der Waals surface area contributed by atoms with Gasteiger partial charge >= 0.3 is 0 Å². The molecule has 0 aromatic heterocycles. The van der Waals surface area contributed by atoms with Crippen molar-refractivity contribution in [3.63, 3.8) is 0 Å². The van der Waals surface area contributed by atoms with E-state index in [1.807, 2.05) is 20.8 Å². The summed E-state index contributed by atoms with van der Waals surface area (Å²) in [5.41, 5.74) is -0.146. The topological polar surface area (TPSA) is 46.2 Å². The van der Waals surface area contributed by atoms with Crippen molar-refractivity contribution in [1.82, 2.24) is 4.72 Å². The lowest BCUT2D eigenvalue weighted by atomic mass is 9.86. The van der Waals surface area contributed by atoms with Crippen molar-refractivity contribution in [2.24, 2.45) is 5.41 Å². The largest absolute Gasteiger partial charge is 0.240 e. The number of benzene rings is 1. The zero-order valence-electron chi connectivity index (χ0n) is 11.3. The molecule has 1 aromatic rings. The van der Waals surface area contributed by atoms with E-state index in [-0.39, 0.29) is 16.4 Å². The van der Waals surface area contributed by atoms with Gasteiger partial charge in [-0.2, -0.15) is 0 Å². The lowest BCUT2D eigenvalue weighted by Crippen LogP contribution is -2.43. The summed E-state index contributed by atoms with van der Waals surface area (Å²) in [6.45, 7) is 6.06. The Bertz CT molecular complexity index is 508. The van der Waals surface area contributed by atoms with Crippen LogP contribution in [-0.4, -0.2) is 19.8 Å². The van der Waals surface area contributed by atoms with Crippen molar-refractivity contribution < 1.29 is 8.42 Å². The zero-order chi connectivity index (χ0) is 14.7. The molecule has 0 aliphatic rings. The molecule has 0 saturated carbocycles. The van der Waals surface area contributed by atoms with Gasteiger partial charge in [0.25, 0.3) is 0 Å². The van der Waals surface area contributed by atoms with Crippen LogP contribution in [0.1, 0.15) is 27.2 Å². The van der Waals surface area contributed by atoms with E-state index in [1.165, 1.54) is 12.1 Å². The molecule has 0 spiro atoms. The smallest absolute Gasteiger partial charge is 0.208 e. The normalized spacial score (nSPS) is 14.4. The SMILES string of the molecule is CC(C)(C)C(CCBr)NS(=O)(=O)c1ccc(Cl)cc1. The van der Waals surface area contributed by atoms with Gasteiger partial charge in [0.05, 0.1) is 4.90 Å². The number of rotatable bonds is 5. The lowest BCUT2D eigenvalue weighted by molar-refractivity contribution is 0.293. The fourth-order valence-electron chi connectivity index (χ4n) is 1.65. The zero-order valence-corrected chi connectivity index (χ0v) is 14.4. The second kappa shape index (κ2) is 6.57. The number of hydrogen-bond donors (Lipinski definition) is 1. The number of sulfonamides is 1. The molecule has 1 atom stereocenters. The first-order valence-electron chi connectivity index (χ1n) is 6.00. The van der Waals surface area contributed by atoms with E-state index >= 15 is 0 Å². The van der Waals surface area contributed by atoms with Crippen LogP contribution in [0.4, 0.5) is 0 Å². The Labute approximate surface area is 128 Å². The van der Waals surface area contributed by atoms with Crippen molar-refractivity contribution in [2.75, 3.05) is 5.33 Å². The maximum atomic E-state index is 12.3. The van der Waals surface area contributed by atoms with Crippen LogP contribution < -0.4 is 4.72 Å². The maximum absolute atomic E-state index is 12.3. The van der Waals surface area contributed by atoms with E-state index in [0.717, 1.165) is 11.8 Å². The molecule has 0 saturated heterocycles. The highest BCUT2D eigenvalue weighted by Gasteiger charge is 2.28. The Morgan fingerprint density at radius 3 is 2.21 bits per heavy atom. The second-order valence-corrected chi connectivity index (χ2v) is 8.41. The summed E-state index contributed by atoms with van der Waals surface area (Å²) in [5, 5.41) is 1.27. The van der Waals surface area contributed by atoms with E-state index < -0.39 is 10.0 Å². The molecular weight excluding hydrogens is 350 g/mol. The first-order valence-corrected chi connectivity index (χ1v) is 8.99. The van der Waals surface area contributed by atoms with Crippen LogP contribution in [0.5, 0.6) is 0 Å². The molecule has 6 heteroatoms. The molecule has 0 radical (unpaired) electrons. The summed E-state index contributed by atoms with van der Waals surface area (Å²) in [6, 6.07) is 6.05. The van der Waals surface area contributed by atoms with Gasteiger partial charge in [-0.1, -0.05) is 48.3 Å². The summed E-state index contributed by atoms with van der Waals surface area (Å²) in [7, 11) is -3.51. The standard InChI is InChI=1S/C13H19BrClNO2S/c1-13(2,3)12(8-9-14)16-19(17,18)11-6-4-10(15)5-7-11/h4-7,12,16H,8-9H2,1-3H3. The Morgan fingerprint density at radius 2 is 1.79 bits per heavy atom. The highest BCUT2D eigenvalue weighted by molar-refractivity contribution is 9.09. The van der Waals surface area contributed by atoms with E-state index in [2.05, 4.69) is 20.7 Å². The molecule has 0 fully saturated rings. The van der Waals surface area contributed by atoms with Crippen molar-refractivity contribution in [1.29, 1.82) is 0 Å². The van der Waals surface area contributed by atoms with Crippen LogP contribution in [-0.2, 0) is 10.0 Å². The van der Waals surface area contributed by atoms with E-state index in [0.29, 0.717) is 5.02 Å². The Hall–Kier alpha value is -0.100. The molecule has 1 N–H and O–H groups in total. The van der Waals surface area contributed by atoms with Crippen LogP contribution in [0.2, 0.25) is 5.02 Å². The first kappa shape index (κ1) is 17.0. The third-order valence-electron chi connectivity index (χ3n) is 2.86. The van der Waals surface area contributed by atoms with Gasteiger partial charge in [-0.25, -0.2) is 13.1 Å². The number of hydrogen-bond acceptors (Lipinski definition) is 2. The maximum Gasteiger partial charge on any atom is 0.240 e. The minimum absolute atomic E-state index is 0.132. The van der Waals surface area contributed by atoms with Crippen LogP contribution in [0.15, 0.2) is 29.2 Å². The molecule has 0 amide bonds.